The van der Waals surface area contributed by atoms with Crippen molar-refractivity contribution in [2.24, 2.45) is 5.34 Å². The van der Waals surface area contributed by atoms with Gasteiger partial charge in [0.1, 0.15) is 5.60 Å². The zero-order chi connectivity index (χ0) is 33.9. The number of halogens is 7. The highest BCUT2D eigenvalue weighted by atomic mass is 127. The summed E-state index contributed by atoms with van der Waals surface area (Å²) in [5.74, 6) is 2.82. The number of methoxy groups -OCH3 is 2. The number of ether oxygens (including phenoxy) is 4. The molecule has 0 unspecified atom stereocenters. The molecule has 2 aromatic carbocycles. The van der Waals surface area contributed by atoms with Gasteiger partial charge in [0.05, 0.1) is 53.8 Å². The van der Waals surface area contributed by atoms with Crippen LogP contribution >= 0.6 is 108 Å². The van der Waals surface area contributed by atoms with Crippen LogP contribution in [-0.2, 0) is 4.84 Å². The molecule has 0 spiro atoms. The summed E-state index contributed by atoms with van der Waals surface area (Å²) < 4.78 is 24.0. The molecule has 0 atom stereocenters. The number of hydrogen-bond donors (Lipinski definition) is 1. The van der Waals surface area contributed by atoms with E-state index in [1.54, 1.807) is 83.8 Å². The molecule has 0 aliphatic heterocycles. The second-order valence-electron chi connectivity index (χ2n) is 9.31. The lowest BCUT2D eigenvalue weighted by atomic mass is 10.2. The highest BCUT2D eigenvalue weighted by Gasteiger charge is 2.14. The predicted molar refractivity (Wildman–Crippen MR) is 199 cm³/mol. The van der Waals surface area contributed by atoms with Crippen LogP contribution in [0.25, 0.3) is 0 Å². The topological polar surface area (TPSA) is 127 Å². The molecule has 0 radical (unpaired) electrons. The van der Waals surface area contributed by atoms with Crippen molar-refractivity contribution in [2.75, 3.05) is 20.0 Å². The van der Waals surface area contributed by atoms with E-state index in [-0.39, 0.29) is 0 Å². The largest absolute Gasteiger partial charge is 0.494 e. The Balaban J connectivity index is 0.000000260. The van der Waals surface area contributed by atoms with E-state index in [9.17, 15) is 4.91 Å². The number of anilines is 1. The zero-order valence-corrected chi connectivity index (χ0v) is 33.1. The summed E-state index contributed by atoms with van der Waals surface area (Å²) in [4.78, 5) is 21.9. The molecule has 45 heavy (non-hydrogen) atoms. The van der Waals surface area contributed by atoms with Crippen molar-refractivity contribution >= 4 is 113 Å². The molecule has 0 amide bonds. The minimum atomic E-state index is -0.429. The van der Waals surface area contributed by atoms with Crippen LogP contribution in [0.4, 0.5) is 5.69 Å². The molecule has 0 aliphatic carbocycles. The first kappa shape index (κ1) is 39.4. The Morgan fingerprint density at radius 3 is 1.42 bits per heavy atom. The minimum absolute atomic E-state index is 0.325. The zero-order valence-electron chi connectivity index (χ0n) is 24.1. The fourth-order valence-electron chi connectivity index (χ4n) is 2.84. The van der Waals surface area contributed by atoms with Crippen LogP contribution in [0.3, 0.4) is 0 Å². The van der Waals surface area contributed by atoms with Crippen LogP contribution in [-0.4, -0.2) is 29.8 Å². The first-order valence-electron chi connectivity index (χ1n) is 12.2. The van der Waals surface area contributed by atoms with Gasteiger partial charge in [-0.1, -0.05) is 62.3 Å². The normalized spacial score (nSPS) is 10.4. The number of aromatic nitrogens is 2. The Hall–Kier alpha value is -1.76. The maximum atomic E-state index is 9.35. The van der Waals surface area contributed by atoms with Gasteiger partial charge in [-0.25, -0.2) is 9.97 Å². The first-order valence-corrected chi connectivity index (χ1v) is 16.7. The molecule has 0 aliphatic rings. The van der Waals surface area contributed by atoms with E-state index in [1.807, 2.05) is 0 Å². The summed E-state index contributed by atoms with van der Waals surface area (Å²) in [6, 6.07) is 10.0. The predicted octanol–water partition coefficient (Wildman–Crippen LogP) is 11.4. The van der Waals surface area contributed by atoms with Crippen LogP contribution in [0.15, 0.2) is 58.6 Å². The van der Waals surface area contributed by atoms with Gasteiger partial charge in [0.25, 0.3) is 0 Å². The van der Waals surface area contributed by atoms with Crippen molar-refractivity contribution in [3.8, 4) is 34.8 Å². The smallest absolute Gasteiger partial charge is 0.220 e. The Bertz CT molecular complexity index is 1480. The first-order chi connectivity index (χ1) is 21.1. The minimum Gasteiger partial charge on any atom is -0.494 e. The van der Waals surface area contributed by atoms with Crippen molar-refractivity contribution in [3.05, 3.63) is 85.4 Å². The molecule has 2 N–H and O–H groups in total. The highest BCUT2D eigenvalue weighted by Crippen LogP contribution is 2.40. The maximum absolute atomic E-state index is 9.35. The molecule has 4 rings (SSSR count). The summed E-state index contributed by atoms with van der Waals surface area (Å²) in [5.41, 5.74) is 5.67. The number of nitrogens with zero attached hydrogens (tertiary/aromatic N) is 3. The average Bonchev–Trinajstić information content (AvgIpc) is 2.93. The van der Waals surface area contributed by atoms with Crippen molar-refractivity contribution < 1.29 is 23.8 Å². The van der Waals surface area contributed by atoms with Crippen LogP contribution in [0.5, 0.6) is 34.8 Å². The quantitative estimate of drug-likeness (QED) is 0.0833. The lowest BCUT2D eigenvalue weighted by Gasteiger charge is -2.11. The molecule has 242 valence electrons. The summed E-state index contributed by atoms with van der Waals surface area (Å²) in [6.45, 7) is 5.28. The van der Waals surface area contributed by atoms with Gasteiger partial charge in [-0.15, -0.1) is 4.91 Å². The SMILES string of the molecule is CC(C)(C)ON=O.COc1cnc(Oc2c(Cl)cc(Br)cc2Cl)cc1I.COc1cnc(Oc2c(Cl)cc(N)cc2Cl)cc1I. The monoisotopic (exact) mass is 986 g/mol. The second-order valence-corrected chi connectivity index (χ2v) is 14.2. The molecule has 0 saturated heterocycles. The number of pyridine rings is 2. The average molecular weight is 989 g/mol. The summed E-state index contributed by atoms with van der Waals surface area (Å²) >= 11 is 31.8. The maximum Gasteiger partial charge on any atom is 0.220 e. The number of benzene rings is 2. The molecule has 0 saturated carbocycles. The molecular formula is C28H25BrCl4I2N4O6. The molecule has 2 heterocycles. The van der Waals surface area contributed by atoms with Crippen molar-refractivity contribution in [2.45, 2.75) is 26.4 Å². The van der Waals surface area contributed by atoms with E-state index in [4.69, 9.17) is 71.1 Å². The third kappa shape index (κ3) is 13.1. The Labute approximate surface area is 315 Å². The number of rotatable bonds is 7. The molecule has 10 nitrogen and oxygen atoms in total. The van der Waals surface area contributed by atoms with Crippen molar-refractivity contribution in [3.63, 3.8) is 0 Å². The van der Waals surface area contributed by atoms with E-state index in [1.165, 1.54) is 0 Å². The Morgan fingerprint density at radius 2 is 1.13 bits per heavy atom. The van der Waals surface area contributed by atoms with Gasteiger partial charge in [0.2, 0.25) is 11.8 Å². The van der Waals surface area contributed by atoms with E-state index in [0.29, 0.717) is 60.5 Å². The number of nitrogen functional groups attached to an aromatic ring is 1. The van der Waals surface area contributed by atoms with Crippen LogP contribution in [0, 0.1) is 12.0 Å². The summed E-state index contributed by atoms with van der Waals surface area (Å²) in [5, 5.41) is 3.74. The number of hydrogen-bond acceptors (Lipinski definition) is 10. The Kier molecular flexibility index (Phi) is 16.2. The van der Waals surface area contributed by atoms with E-state index in [0.717, 1.165) is 11.6 Å². The van der Waals surface area contributed by atoms with Gasteiger partial charge in [0.15, 0.2) is 28.3 Å². The van der Waals surface area contributed by atoms with E-state index in [2.05, 4.69) is 81.3 Å². The third-order valence-electron chi connectivity index (χ3n) is 4.74. The summed E-state index contributed by atoms with van der Waals surface area (Å²) in [7, 11) is 3.16. The lowest BCUT2D eigenvalue weighted by molar-refractivity contribution is -0.00230. The second kappa shape index (κ2) is 18.5. The van der Waals surface area contributed by atoms with Crippen molar-refractivity contribution in [1.82, 2.24) is 9.97 Å². The molecule has 17 heteroatoms. The highest BCUT2D eigenvalue weighted by molar-refractivity contribution is 14.1. The fourth-order valence-corrected chi connectivity index (χ4v) is 5.96. The van der Waals surface area contributed by atoms with Crippen LogP contribution < -0.4 is 24.7 Å². The van der Waals surface area contributed by atoms with Crippen molar-refractivity contribution in [1.29, 1.82) is 0 Å². The van der Waals surface area contributed by atoms with Gasteiger partial charge in [0, 0.05) is 22.3 Å². The molecule has 0 bridgehead atoms. The van der Waals surface area contributed by atoms with Gasteiger partial charge in [-0.05, 0) is 90.2 Å². The summed E-state index contributed by atoms with van der Waals surface area (Å²) in [6.07, 6.45) is 3.15. The van der Waals surface area contributed by atoms with Gasteiger partial charge >= 0.3 is 0 Å². The van der Waals surface area contributed by atoms with E-state index < -0.39 is 5.60 Å². The van der Waals surface area contributed by atoms with Gasteiger partial charge in [-0.3, -0.25) is 0 Å². The molecule has 2 aromatic heterocycles. The standard InChI is InChI=1S/C12H7BrCl2INO2.C12H9Cl2IN2O2.C4H9NO2/c1-18-10-5-17-11(4-9(10)16)19-12-7(14)2-6(13)3-8(12)15;1-18-10-5-17-11(4-9(10)15)19-12-7(13)2-6(16)3-8(12)14;1-4(2,3)7-5-6/h2-5H,1H3;2-5H,16H2,1H3;1-3H3. The molecule has 0 fully saturated rings. The lowest BCUT2D eigenvalue weighted by Crippen LogP contribution is -2.14. The fraction of sp³-hybridized carbons (Fsp3) is 0.214. The van der Waals surface area contributed by atoms with Crippen LogP contribution in [0.1, 0.15) is 20.8 Å². The Morgan fingerprint density at radius 1 is 0.756 bits per heavy atom. The van der Waals surface area contributed by atoms with Crippen LogP contribution in [0.2, 0.25) is 20.1 Å². The molecule has 4 aromatic rings. The van der Waals surface area contributed by atoms with E-state index >= 15 is 0 Å². The van der Waals surface area contributed by atoms with Gasteiger partial charge in [-0.2, -0.15) is 0 Å². The number of nitrogens with two attached hydrogens (primary N) is 1. The van der Waals surface area contributed by atoms with Gasteiger partial charge < -0.3 is 29.5 Å². The third-order valence-corrected chi connectivity index (χ3v) is 8.00. The molecular weight excluding hydrogens is 964 g/mol.